The van der Waals surface area contributed by atoms with Crippen LogP contribution in [0.2, 0.25) is 0 Å². The van der Waals surface area contributed by atoms with Crippen molar-refractivity contribution in [3.8, 4) is 23.0 Å². The molecule has 1 amide bonds. The summed E-state index contributed by atoms with van der Waals surface area (Å²) in [7, 11) is 3.22. The van der Waals surface area contributed by atoms with E-state index in [-0.39, 0.29) is 24.9 Å². The maximum absolute atomic E-state index is 12.5. The fourth-order valence-corrected chi connectivity index (χ4v) is 4.13. The molecule has 2 aromatic heterocycles. The Kier molecular flexibility index (Phi) is 7.27. The Morgan fingerprint density at radius 2 is 1.89 bits per heavy atom. The van der Waals surface area contributed by atoms with Gasteiger partial charge in [-0.05, 0) is 35.9 Å². The number of ether oxygens (including phenoxy) is 4. The van der Waals surface area contributed by atoms with Crippen LogP contribution in [0.1, 0.15) is 33.3 Å². The van der Waals surface area contributed by atoms with E-state index in [9.17, 15) is 4.79 Å². The van der Waals surface area contributed by atoms with Crippen LogP contribution >= 0.6 is 0 Å². The minimum absolute atomic E-state index is 0.198. The van der Waals surface area contributed by atoms with E-state index in [4.69, 9.17) is 27.8 Å². The van der Waals surface area contributed by atoms with Crippen molar-refractivity contribution in [1.82, 2.24) is 15.2 Å². The van der Waals surface area contributed by atoms with Crippen molar-refractivity contribution in [3.05, 3.63) is 89.5 Å². The van der Waals surface area contributed by atoms with Crippen molar-refractivity contribution < 1.29 is 32.6 Å². The van der Waals surface area contributed by atoms with Crippen molar-refractivity contribution in [1.29, 1.82) is 0 Å². The van der Waals surface area contributed by atoms with E-state index in [0.29, 0.717) is 48.5 Å². The van der Waals surface area contributed by atoms with Gasteiger partial charge in [0.2, 0.25) is 12.7 Å². The summed E-state index contributed by atoms with van der Waals surface area (Å²) in [5.41, 5.74) is 2.16. The molecule has 3 heterocycles. The lowest BCUT2D eigenvalue weighted by molar-refractivity contribution is 0.0943. The molecule has 0 atom stereocenters. The van der Waals surface area contributed by atoms with E-state index in [0.717, 1.165) is 16.9 Å². The molecule has 4 aromatic rings. The third kappa shape index (κ3) is 5.70. The highest BCUT2D eigenvalue weighted by molar-refractivity contribution is 5.91. The third-order valence-electron chi connectivity index (χ3n) is 5.87. The molecule has 0 saturated carbocycles. The average Bonchev–Trinajstić information content (AvgIpc) is 3.69. The van der Waals surface area contributed by atoms with Crippen molar-refractivity contribution in [2.75, 3.05) is 21.0 Å². The number of carbonyl (C=O) groups excluding carboxylic acids is 1. The molecule has 1 aliphatic heterocycles. The van der Waals surface area contributed by atoms with Gasteiger partial charge < -0.3 is 33.1 Å². The second-order valence-corrected chi connectivity index (χ2v) is 8.37. The van der Waals surface area contributed by atoms with Gasteiger partial charge in [0.15, 0.2) is 28.7 Å². The molecule has 0 aliphatic carbocycles. The first kappa shape index (κ1) is 24.3. The summed E-state index contributed by atoms with van der Waals surface area (Å²) in [6.07, 6.45) is 2.92. The van der Waals surface area contributed by atoms with Crippen LogP contribution in [0.15, 0.2) is 69.9 Å². The van der Waals surface area contributed by atoms with Crippen LogP contribution in [0.5, 0.6) is 23.0 Å². The zero-order valence-corrected chi connectivity index (χ0v) is 20.6. The normalized spacial score (nSPS) is 12.1. The first-order chi connectivity index (χ1) is 18.1. The quantitative estimate of drug-likeness (QED) is 0.322. The molecular formula is C27H27N3O7. The number of furan rings is 1. The molecule has 0 fully saturated rings. The second-order valence-electron chi connectivity index (χ2n) is 8.37. The van der Waals surface area contributed by atoms with Crippen LogP contribution in [0.3, 0.4) is 0 Å². The van der Waals surface area contributed by atoms with E-state index in [1.54, 1.807) is 32.6 Å². The summed E-state index contributed by atoms with van der Waals surface area (Å²) < 4.78 is 33.0. The van der Waals surface area contributed by atoms with Gasteiger partial charge in [-0.25, -0.2) is 4.98 Å². The molecule has 0 radical (unpaired) electrons. The van der Waals surface area contributed by atoms with E-state index < -0.39 is 0 Å². The molecule has 0 saturated heterocycles. The summed E-state index contributed by atoms with van der Waals surface area (Å²) in [5, 5.41) is 2.77. The smallest absolute Gasteiger partial charge is 0.273 e. The SMILES string of the molecule is COc1cccc(CN(Cc2ccc3c(c2)OCO3)Cc2nc(C(=O)NCc3ccco3)co2)c1OC. The lowest BCUT2D eigenvalue weighted by atomic mass is 10.1. The van der Waals surface area contributed by atoms with Gasteiger partial charge in [0.1, 0.15) is 12.0 Å². The topological polar surface area (TPSA) is 108 Å². The summed E-state index contributed by atoms with van der Waals surface area (Å²) in [4.78, 5) is 19.1. The lowest BCUT2D eigenvalue weighted by Gasteiger charge is -2.23. The van der Waals surface area contributed by atoms with E-state index in [1.807, 2.05) is 36.4 Å². The first-order valence-corrected chi connectivity index (χ1v) is 11.7. The van der Waals surface area contributed by atoms with Crippen molar-refractivity contribution in [3.63, 3.8) is 0 Å². The zero-order valence-electron chi connectivity index (χ0n) is 20.6. The molecule has 1 aliphatic rings. The number of fused-ring (bicyclic) bond motifs is 1. The van der Waals surface area contributed by atoms with Crippen LogP contribution in [-0.4, -0.2) is 36.8 Å². The van der Waals surface area contributed by atoms with E-state index >= 15 is 0 Å². The fraction of sp³-hybridized carbons (Fsp3) is 0.259. The van der Waals surface area contributed by atoms with Gasteiger partial charge >= 0.3 is 0 Å². The molecule has 10 nitrogen and oxygen atoms in total. The predicted octanol–water partition coefficient (Wildman–Crippen LogP) is 4.15. The number of hydrogen-bond donors (Lipinski definition) is 1. The van der Waals surface area contributed by atoms with Crippen LogP contribution in [-0.2, 0) is 26.2 Å². The highest BCUT2D eigenvalue weighted by Gasteiger charge is 2.20. The third-order valence-corrected chi connectivity index (χ3v) is 5.87. The number of oxazole rings is 1. The van der Waals surface area contributed by atoms with Crippen LogP contribution in [0, 0.1) is 0 Å². The molecule has 0 spiro atoms. The summed E-state index contributed by atoms with van der Waals surface area (Å²) in [6, 6.07) is 15.2. The Morgan fingerprint density at radius 3 is 2.70 bits per heavy atom. The Hall–Kier alpha value is -4.44. The molecule has 10 heteroatoms. The minimum Gasteiger partial charge on any atom is -0.493 e. The number of amides is 1. The number of carbonyl (C=O) groups is 1. The minimum atomic E-state index is -0.344. The highest BCUT2D eigenvalue weighted by atomic mass is 16.7. The Labute approximate surface area is 213 Å². The van der Waals surface area contributed by atoms with Crippen LogP contribution in [0.25, 0.3) is 0 Å². The number of nitrogens with zero attached hydrogens (tertiary/aromatic N) is 2. The monoisotopic (exact) mass is 505 g/mol. The number of aromatic nitrogens is 1. The zero-order chi connectivity index (χ0) is 25.6. The lowest BCUT2D eigenvalue weighted by Crippen LogP contribution is -2.24. The number of para-hydroxylation sites is 1. The number of hydrogen-bond acceptors (Lipinski definition) is 9. The largest absolute Gasteiger partial charge is 0.493 e. The summed E-state index contributed by atoms with van der Waals surface area (Å²) in [6.45, 7) is 1.89. The Bertz CT molecular complexity index is 1350. The van der Waals surface area contributed by atoms with Crippen molar-refractivity contribution in [2.24, 2.45) is 0 Å². The van der Waals surface area contributed by atoms with Gasteiger partial charge in [-0.2, -0.15) is 0 Å². The maximum atomic E-state index is 12.5. The maximum Gasteiger partial charge on any atom is 0.273 e. The molecule has 1 N–H and O–H groups in total. The van der Waals surface area contributed by atoms with Gasteiger partial charge in [-0.3, -0.25) is 9.69 Å². The second kappa shape index (κ2) is 11.1. The number of nitrogens with one attached hydrogen (secondary N) is 1. The van der Waals surface area contributed by atoms with Gasteiger partial charge in [0.25, 0.3) is 5.91 Å². The van der Waals surface area contributed by atoms with Crippen LogP contribution in [0.4, 0.5) is 0 Å². The Morgan fingerprint density at radius 1 is 1.00 bits per heavy atom. The average molecular weight is 506 g/mol. The number of rotatable bonds is 11. The van der Waals surface area contributed by atoms with Gasteiger partial charge in [-0.15, -0.1) is 0 Å². The summed E-state index contributed by atoms with van der Waals surface area (Å²) >= 11 is 0. The fourth-order valence-electron chi connectivity index (χ4n) is 4.13. The molecule has 192 valence electrons. The molecular weight excluding hydrogens is 478 g/mol. The number of methoxy groups -OCH3 is 2. The van der Waals surface area contributed by atoms with E-state index in [1.165, 1.54) is 6.26 Å². The molecule has 0 unspecified atom stereocenters. The van der Waals surface area contributed by atoms with Gasteiger partial charge in [0.05, 0.1) is 33.6 Å². The predicted molar refractivity (Wildman–Crippen MR) is 131 cm³/mol. The standard InChI is InChI=1S/C27H27N3O7/c1-32-23-7-3-5-19(26(23)33-2)14-30(13-18-8-9-22-24(11-18)37-17-36-22)15-25-29-21(16-35-25)27(31)28-12-20-6-4-10-34-20/h3-11,16H,12-15,17H2,1-2H3,(H,28,31). The van der Waals surface area contributed by atoms with Crippen LogP contribution < -0.4 is 24.3 Å². The highest BCUT2D eigenvalue weighted by Crippen LogP contribution is 2.34. The molecule has 5 rings (SSSR count). The summed E-state index contributed by atoms with van der Waals surface area (Å²) in [5.74, 6) is 3.46. The van der Waals surface area contributed by atoms with Gasteiger partial charge in [-0.1, -0.05) is 18.2 Å². The van der Waals surface area contributed by atoms with Crippen molar-refractivity contribution >= 4 is 5.91 Å². The Balaban J connectivity index is 1.34. The van der Waals surface area contributed by atoms with Gasteiger partial charge in [0, 0.05) is 18.7 Å². The van der Waals surface area contributed by atoms with E-state index in [2.05, 4.69) is 15.2 Å². The molecule has 0 bridgehead atoms. The molecule has 37 heavy (non-hydrogen) atoms. The van der Waals surface area contributed by atoms with Crippen molar-refractivity contribution in [2.45, 2.75) is 26.2 Å². The first-order valence-electron chi connectivity index (χ1n) is 11.7. The molecule has 2 aromatic carbocycles. The number of benzene rings is 2.